The van der Waals surface area contributed by atoms with Crippen LogP contribution in [0.15, 0.2) is 30.3 Å². The quantitative estimate of drug-likeness (QED) is 0.802. The van der Waals surface area contributed by atoms with Crippen molar-refractivity contribution in [3.8, 4) is 11.5 Å². The van der Waals surface area contributed by atoms with Crippen molar-refractivity contribution in [1.29, 1.82) is 0 Å². The number of nitrogens with zero attached hydrogens (tertiary/aromatic N) is 5. The number of carbonyl (C=O) groups excluding carboxylic acids is 1. The van der Waals surface area contributed by atoms with Crippen LogP contribution in [0.5, 0.6) is 11.5 Å². The second-order valence-corrected chi connectivity index (χ2v) is 7.29. The maximum absolute atomic E-state index is 12.8. The van der Waals surface area contributed by atoms with Crippen molar-refractivity contribution in [2.75, 3.05) is 55.9 Å². The molecule has 5 rings (SSSR count). The first-order chi connectivity index (χ1) is 13.8. The molecule has 0 saturated carbocycles. The Morgan fingerprint density at radius 3 is 2.11 bits per heavy atom. The molecule has 2 saturated heterocycles. The highest BCUT2D eigenvalue weighted by Gasteiger charge is 2.25. The summed E-state index contributed by atoms with van der Waals surface area (Å²) in [5.74, 6) is 3.18. The molecule has 3 aliphatic heterocycles. The van der Waals surface area contributed by atoms with E-state index in [0.717, 1.165) is 37.8 Å². The fourth-order valence-electron chi connectivity index (χ4n) is 3.95. The molecule has 0 N–H and O–H groups in total. The Labute approximate surface area is 163 Å². The van der Waals surface area contributed by atoms with Crippen molar-refractivity contribution < 1.29 is 14.3 Å². The number of hydrogen-bond acceptors (Lipinski definition) is 7. The molecule has 146 valence electrons. The molecule has 8 heteroatoms. The molecule has 0 aliphatic carbocycles. The Morgan fingerprint density at radius 2 is 1.43 bits per heavy atom. The summed E-state index contributed by atoms with van der Waals surface area (Å²) in [5.41, 5.74) is 0.632. The van der Waals surface area contributed by atoms with Crippen LogP contribution >= 0.6 is 0 Å². The summed E-state index contributed by atoms with van der Waals surface area (Å²) < 4.78 is 10.7. The van der Waals surface area contributed by atoms with Gasteiger partial charge in [-0.05, 0) is 43.2 Å². The van der Waals surface area contributed by atoms with Gasteiger partial charge < -0.3 is 24.2 Å². The van der Waals surface area contributed by atoms with Gasteiger partial charge in [-0.1, -0.05) is 0 Å². The van der Waals surface area contributed by atoms with Gasteiger partial charge in [-0.3, -0.25) is 4.79 Å². The number of hydrogen-bond donors (Lipinski definition) is 0. The first kappa shape index (κ1) is 17.1. The van der Waals surface area contributed by atoms with Crippen molar-refractivity contribution in [3.05, 3.63) is 35.9 Å². The van der Waals surface area contributed by atoms with E-state index in [1.54, 1.807) is 18.2 Å². The Kier molecular flexibility index (Phi) is 4.38. The fourth-order valence-corrected chi connectivity index (χ4v) is 3.95. The van der Waals surface area contributed by atoms with Gasteiger partial charge >= 0.3 is 0 Å². The number of carbonyl (C=O) groups is 1. The van der Waals surface area contributed by atoms with Crippen LogP contribution in [0.3, 0.4) is 0 Å². The minimum atomic E-state index is 0.0217. The molecule has 2 aromatic rings. The van der Waals surface area contributed by atoms with E-state index in [0.29, 0.717) is 30.2 Å². The molecule has 0 atom stereocenters. The van der Waals surface area contributed by atoms with E-state index >= 15 is 0 Å². The minimum absolute atomic E-state index is 0.0217. The summed E-state index contributed by atoms with van der Waals surface area (Å²) in [6.45, 7) is 5.14. The molecule has 0 unspecified atom stereocenters. The van der Waals surface area contributed by atoms with E-state index in [-0.39, 0.29) is 12.7 Å². The third-order valence-corrected chi connectivity index (χ3v) is 5.58. The first-order valence-corrected chi connectivity index (χ1v) is 9.80. The van der Waals surface area contributed by atoms with Crippen LogP contribution in [-0.2, 0) is 0 Å². The zero-order valence-corrected chi connectivity index (χ0v) is 15.7. The van der Waals surface area contributed by atoms with Gasteiger partial charge in [-0.25, -0.2) is 0 Å². The summed E-state index contributed by atoms with van der Waals surface area (Å²) >= 11 is 0. The number of amides is 1. The van der Waals surface area contributed by atoms with E-state index in [1.807, 2.05) is 11.0 Å². The van der Waals surface area contributed by atoms with Crippen molar-refractivity contribution in [2.45, 2.75) is 12.8 Å². The molecule has 3 aliphatic rings. The van der Waals surface area contributed by atoms with Crippen LogP contribution < -0.4 is 19.3 Å². The molecular formula is C20H23N5O3. The summed E-state index contributed by atoms with van der Waals surface area (Å²) in [6, 6.07) is 9.45. The summed E-state index contributed by atoms with van der Waals surface area (Å²) in [4.78, 5) is 19.1. The summed E-state index contributed by atoms with van der Waals surface area (Å²) in [6.07, 6.45) is 2.45. The number of benzene rings is 1. The lowest BCUT2D eigenvalue weighted by Gasteiger charge is -2.35. The lowest BCUT2D eigenvalue weighted by Crippen LogP contribution is -2.49. The molecule has 8 nitrogen and oxygen atoms in total. The predicted molar refractivity (Wildman–Crippen MR) is 104 cm³/mol. The van der Waals surface area contributed by atoms with Crippen LogP contribution in [0, 0.1) is 0 Å². The zero-order chi connectivity index (χ0) is 18.9. The van der Waals surface area contributed by atoms with Gasteiger partial charge in [0, 0.05) is 44.8 Å². The largest absolute Gasteiger partial charge is 0.454 e. The van der Waals surface area contributed by atoms with Gasteiger partial charge in [0.1, 0.15) is 0 Å². The normalized spacial score (nSPS) is 18.6. The third-order valence-electron chi connectivity index (χ3n) is 5.58. The molecule has 1 aromatic heterocycles. The van der Waals surface area contributed by atoms with E-state index in [2.05, 4.69) is 26.1 Å². The van der Waals surface area contributed by atoms with Crippen molar-refractivity contribution in [1.82, 2.24) is 15.1 Å². The number of piperazine rings is 1. The van der Waals surface area contributed by atoms with E-state index in [4.69, 9.17) is 9.47 Å². The number of aromatic nitrogens is 2. The average molecular weight is 381 g/mol. The number of anilines is 2. The lowest BCUT2D eigenvalue weighted by molar-refractivity contribution is 0.0746. The lowest BCUT2D eigenvalue weighted by atomic mass is 10.1. The van der Waals surface area contributed by atoms with Crippen molar-refractivity contribution in [2.24, 2.45) is 0 Å². The highest BCUT2D eigenvalue weighted by atomic mass is 16.7. The molecule has 0 radical (unpaired) electrons. The van der Waals surface area contributed by atoms with Crippen LogP contribution in [0.25, 0.3) is 0 Å². The maximum atomic E-state index is 12.8. The van der Waals surface area contributed by atoms with Crippen LogP contribution in [0.2, 0.25) is 0 Å². The summed E-state index contributed by atoms with van der Waals surface area (Å²) in [5, 5.41) is 8.81. The van der Waals surface area contributed by atoms with Crippen LogP contribution in [-0.4, -0.2) is 67.1 Å². The van der Waals surface area contributed by atoms with Crippen LogP contribution in [0.4, 0.5) is 11.6 Å². The monoisotopic (exact) mass is 381 g/mol. The molecule has 0 spiro atoms. The van der Waals surface area contributed by atoms with Gasteiger partial charge in [0.15, 0.2) is 23.1 Å². The Morgan fingerprint density at radius 1 is 0.786 bits per heavy atom. The smallest absolute Gasteiger partial charge is 0.254 e. The zero-order valence-electron chi connectivity index (χ0n) is 15.7. The van der Waals surface area contributed by atoms with Gasteiger partial charge in [0.25, 0.3) is 5.91 Å². The highest BCUT2D eigenvalue weighted by Crippen LogP contribution is 2.33. The van der Waals surface area contributed by atoms with Gasteiger partial charge in [0.2, 0.25) is 6.79 Å². The molecule has 1 aromatic carbocycles. The molecule has 28 heavy (non-hydrogen) atoms. The summed E-state index contributed by atoms with van der Waals surface area (Å²) in [7, 11) is 0. The molecule has 1 amide bonds. The molecule has 0 bridgehead atoms. The Bertz CT molecular complexity index is 859. The van der Waals surface area contributed by atoms with E-state index in [9.17, 15) is 4.79 Å². The Hall–Kier alpha value is -3.03. The second-order valence-electron chi connectivity index (χ2n) is 7.29. The van der Waals surface area contributed by atoms with Gasteiger partial charge in [-0.15, -0.1) is 10.2 Å². The minimum Gasteiger partial charge on any atom is -0.454 e. The van der Waals surface area contributed by atoms with E-state index in [1.165, 1.54) is 12.8 Å². The van der Waals surface area contributed by atoms with Gasteiger partial charge in [-0.2, -0.15) is 0 Å². The average Bonchev–Trinajstić information content (AvgIpc) is 3.45. The molecule has 2 fully saturated rings. The first-order valence-electron chi connectivity index (χ1n) is 9.80. The fraction of sp³-hybridized carbons (Fsp3) is 0.450. The van der Waals surface area contributed by atoms with Crippen molar-refractivity contribution >= 4 is 17.5 Å². The molecule has 4 heterocycles. The highest BCUT2D eigenvalue weighted by molar-refractivity contribution is 5.95. The SMILES string of the molecule is O=C(c1ccc2c(c1)OCO2)N1CCN(c2ccc(N3CCCC3)nn2)CC1. The predicted octanol–water partition coefficient (Wildman–Crippen LogP) is 1.77. The topological polar surface area (TPSA) is 71.0 Å². The number of rotatable bonds is 3. The maximum Gasteiger partial charge on any atom is 0.254 e. The number of ether oxygens (including phenoxy) is 2. The second kappa shape index (κ2) is 7.18. The standard InChI is InChI=1S/C20H23N5O3/c26-20(15-3-4-16-17(13-15)28-14-27-16)25-11-9-24(10-12-25)19-6-5-18(21-22-19)23-7-1-2-8-23/h3-6,13H,1-2,7-12,14H2. The van der Waals surface area contributed by atoms with E-state index < -0.39 is 0 Å². The molecular weight excluding hydrogens is 358 g/mol. The van der Waals surface area contributed by atoms with Crippen molar-refractivity contribution in [3.63, 3.8) is 0 Å². The third kappa shape index (κ3) is 3.19. The van der Waals surface area contributed by atoms with Gasteiger partial charge in [0.05, 0.1) is 0 Å². The Balaban J connectivity index is 1.20. The van der Waals surface area contributed by atoms with Crippen LogP contribution in [0.1, 0.15) is 23.2 Å². The number of fused-ring (bicyclic) bond motifs is 1.